The van der Waals surface area contributed by atoms with Crippen molar-refractivity contribution in [1.29, 1.82) is 0 Å². The van der Waals surface area contributed by atoms with Crippen LogP contribution >= 0.6 is 0 Å². The van der Waals surface area contributed by atoms with E-state index in [0.29, 0.717) is 0 Å². The van der Waals surface area contributed by atoms with Gasteiger partial charge < -0.3 is 4.72 Å². The topological polar surface area (TPSA) is 267 Å². The Kier molecular flexibility index (Phi) is 7.42. The number of nitrogens with one attached hydrogen (secondary N) is 1. The highest BCUT2D eigenvalue weighted by atomic mass is 32.2. The largest absolute Gasteiger partial charge is 0.567 e. The second kappa shape index (κ2) is 10.7. The van der Waals surface area contributed by atoms with Crippen LogP contribution < -0.4 is 4.72 Å². The second-order valence-corrected chi connectivity index (χ2v) is 11.4. The van der Waals surface area contributed by atoms with Gasteiger partial charge in [-0.3, -0.25) is 45.2 Å². The van der Waals surface area contributed by atoms with Crippen molar-refractivity contribution in [3.8, 4) is 0 Å². The molecule has 0 amide bonds. The second-order valence-electron chi connectivity index (χ2n) is 8.13. The first kappa shape index (κ1) is 29.2. The van der Waals surface area contributed by atoms with Crippen LogP contribution in [0.1, 0.15) is 0 Å². The van der Waals surface area contributed by atoms with Crippen molar-refractivity contribution in [3.63, 3.8) is 0 Å². The number of hydrogen-bond donors (Lipinski definition) is 1. The Balaban J connectivity index is 2.26. The zero-order valence-corrected chi connectivity index (χ0v) is 22.0. The molecule has 0 aliphatic rings. The van der Waals surface area contributed by atoms with Crippen molar-refractivity contribution < 1.29 is 36.5 Å². The first-order valence-corrected chi connectivity index (χ1v) is 13.9. The Morgan fingerprint density at radius 2 is 1.00 bits per heavy atom. The lowest BCUT2D eigenvalue weighted by Gasteiger charge is -2.25. The quantitative estimate of drug-likeness (QED) is 0.188. The van der Waals surface area contributed by atoms with E-state index in [1.54, 1.807) is 4.72 Å². The fourth-order valence-corrected chi connectivity index (χ4v) is 6.01. The monoisotopic (exact) mass is 617 g/mol. The smallest absolute Gasteiger partial charge is 0.300 e. The first-order chi connectivity index (χ1) is 19.7. The molecule has 0 radical (unpaired) electrons. The normalized spacial score (nSPS) is 11.5. The molecule has 0 bridgehead atoms. The number of nitro benzene ring substituents is 4. The minimum atomic E-state index is -4.94. The molecule has 4 aromatic carbocycles. The van der Waals surface area contributed by atoms with Crippen molar-refractivity contribution in [1.82, 2.24) is 0 Å². The highest BCUT2D eigenvalue weighted by Gasteiger charge is 2.36. The molecule has 18 nitrogen and oxygen atoms in total. The Bertz CT molecular complexity index is 1880. The fraction of sp³-hybridized carbons (Fsp3) is 0. The van der Waals surface area contributed by atoms with Crippen LogP contribution in [0.4, 0.5) is 34.1 Å². The van der Waals surface area contributed by atoms with Gasteiger partial charge in [-0.15, -0.1) is 0 Å². The van der Waals surface area contributed by atoms with Crippen LogP contribution in [0.2, 0.25) is 0 Å². The van der Waals surface area contributed by atoms with Gasteiger partial charge in [-0.2, -0.15) is 0 Å². The third-order valence-corrected chi connectivity index (χ3v) is 8.28. The Hall–Kier alpha value is -5.76. The van der Waals surface area contributed by atoms with E-state index < -0.39 is 94.4 Å². The van der Waals surface area contributed by atoms with E-state index in [-0.39, 0.29) is 12.1 Å². The molecule has 42 heavy (non-hydrogen) atoms. The van der Waals surface area contributed by atoms with Crippen molar-refractivity contribution >= 4 is 64.9 Å². The molecule has 0 heterocycles. The van der Waals surface area contributed by atoms with Gasteiger partial charge in [-0.1, -0.05) is 36.4 Å². The van der Waals surface area contributed by atoms with Gasteiger partial charge in [0.1, 0.15) is 21.1 Å². The van der Waals surface area contributed by atoms with Crippen molar-refractivity contribution in [2.75, 3.05) is 4.72 Å². The fourth-order valence-electron chi connectivity index (χ4n) is 3.87. The predicted octanol–water partition coefficient (Wildman–Crippen LogP) is 4.67. The minimum absolute atomic E-state index is 0.190. The van der Waals surface area contributed by atoms with Crippen LogP contribution in [0, 0.1) is 40.5 Å². The molecule has 0 atom stereocenters. The van der Waals surface area contributed by atoms with Crippen molar-refractivity contribution in [2.45, 2.75) is 9.79 Å². The van der Waals surface area contributed by atoms with Crippen LogP contribution in [0.5, 0.6) is 0 Å². The average molecular weight is 618 g/mol. The van der Waals surface area contributed by atoms with Crippen LogP contribution in [0.15, 0.2) is 82.6 Å². The summed E-state index contributed by atoms with van der Waals surface area (Å²) in [6.45, 7) is 0. The predicted molar refractivity (Wildman–Crippen MR) is 144 cm³/mol. The summed E-state index contributed by atoms with van der Waals surface area (Å²) in [5.74, 6) is 0. The molecule has 1 N–H and O–H groups in total. The number of nitrogens with zero attached hydrogens (tertiary/aromatic N) is 5. The molecule has 0 saturated carbocycles. The molecule has 216 valence electrons. The highest BCUT2D eigenvalue weighted by Crippen LogP contribution is 2.53. The molecule has 20 heteroatoms. The number of non-ortho nitro benzene ring substituents is 2. The van der Waals surface area contributed by atoms with Gasteiger partial charge in [-0.05, 0) is 30.0 Å². The highest BCUT2D eigenvalue weighted by molar-refractivity contribution is 7.94. The van der Waals surface area contributed by atoms with E-state index >= 15 is 0 Å². The molecule has 4 rings (SSSR count). The number of nitro groups is 4. The summed E-state index contributed by atoms with van der Waals surface area (Å²) in [5.41, 5.74) is -8.06. The van der Waals surface area contributed by atoms with Crippen LogP contribution in [0.25, 0.3) is 15.5 Å². The first-order valence-electron chi connectivity index (χ1n) is 11.0. The zero-order chi connectivity index (χ0) is 31.0. The molecule has 0 saturated heterocycles. The van der Waals surface area contributed by atoms with Gasteiger partial charge >= 0.3 is 5.69 Å². The zero-order valence-electron chi connectivity index (χ0n) is 20.4. The molecule has 4 aromatic rings. The molecule has 0 unspecified atom stereocenters. The molecule has 0 aliphatic carbocycles. The molecule has 0 aliphatic heterocycles. The number of sulfonamides is 2. The van der Waals surface area contributed by atoms with E-state index in [0.717, 1.165) is 24.3 Å². The summed E-state index contributed by atoms with van der Waals surface area (Å²) < 4.78 is 58.0. The van der Waals surface area contributed by atoms with Gasteiger partial charge in [0.2, 0.25) is 0 Å². The standard InChI is InChI=1S/C22H13N6O12S2/c29-25(30)15-11-17(27(33)34)21(23-41(37,38)13-7-3-1-4-8-13)20-19(15)16(26(31)32)12-18(28(35)36)22(20)24-42(39,40)14-9-5-2-6-10-14/h1-12,23H/q-1. The van der Waals surface area contributed by atoms with Crippen LogP contribution in [0.3, 0.4) is 0 Å². The summed E-state index contributed by atoms with van der Waals surface area (Å²) in [5, 5.41) is 45.6. The molecular weight excluding hydrogens is 604 g/mol. The summed E-state index contributed by atoms with van der Waals surface area (Å²) in [6.07, 6.45) is 0. The number of fused-ring (bicyclic) bond motifs is 1. The molecule has 0 fully saturated rings. The van der Waals surface area contributed by atoms with Crippen LogP contribution in [-0.4, -0.2) is 36.5 Å². The number of benzene rings is 4. The maximum absolute atomic E-state index is 13.2. The molecule has 0 aromatic heterocycles. The summed E-state index contributed by atoms with van der Waals surface area (Å²) in [7, 11) is -9.77. The maximum atomic E-state index is 13.2. The van der Waals surface area contributed by atoms with Gasteiger partial charge in [0, 0.05) is 5.39 Å². The minimum Gasteiger partial charge on any atom is -0.567 e. The maximum Gasteiger partial charge on any atom is 0.300 e. The van der Waals surface area contributed by atoms with Gasteiger partial charge in [0.05, 0.1) is 41.6 Å². The van der Waals surface area contributed by atoms with E-state index in [9.17, 15) is 57.3 Å². The van der Waals surface area contributed by atoms with Crippen molar-refractivity contribution in [3.05, 3.63) is 118 Å². The van der Waals surface area contributed by atoms with Crippen molar-refractivity contribution in [2.24, 2.45) is 0 Å². The van der Waals surface area contributed by atoms with Gasteiger partial charge in [-0.25, -0.2) is 16.8 Å². The lowest BCUT2D eigenvalue weighted by molar-refractivity contribution is -0.397. The number of rotatable bonds is 10. The van der Waals surface area contributed by atoms with Gasteiger partial charge in [0.25, 0.3) is 27.1 Å². The van der Waals surface area contributed by atoms with Gasteiger partial charge in [0.15, 0.2) is 0 Å². The third kappa shape index (κ3) is 5.33. The summed E-state index contributed by atoms with van der Waals surface area (Å²) >= 11 is 0. The van der Waals surface area contributed by atoms with E-state index in [4.69, 9.17) is 0 Å². The summed E-state index contributed by atoms with van der Waals surface area (Å²) in [6, 6.07) is 12.5. The average Bonchev–Trinajstić information content (AvgIpc) is 2.93. The summed E-state index contributed by atoms with van der Waals surface area (Å²) in [4.78, 5) is 41.8. The third-order valence-electron chi connectivity index (χ3n) is 5.62. The SMILES string of the molecule is O=[N+]([O-])c1cc([N+](=O)[O-])c2c([N+](=O)[O-])cc([N+](=O)[O-])c(NS(=O)(=O)c3ccccc3)c2c1[N-]S(=O)(=O)c1ccccc1. The Labute approximate surface area is 233 Å². The van der Waals surface area contributed by atoms with E-state index in [1.807, 2.05) is 0 Å². The number of hydrogen-bond acceptors (Lipinski definition) is 12. The lowest BCUT2D eigenvalue weighted by Crippen LogP contribution is -2.15. The molecule has 0 spiro atoms. The lowest BCUT2D eigenvalue weighted by atomic mass is 10.0. The Morgan fingerprint density at radius 1 is 0.571 bits per heavy atom. The Morgan fingerprint density at radius 3 is 1.45 bits per heavy atom. The van der Waals surface area contributed by atoms with E-state index in [2.05, 4.69) is 4.72 Å². The van der Waals surface area contributed by atoms with E-state index in [1.165, 1.54) is 36.4 Å². The van der Waals surface area contributed by atoms with Crippen LogP contribution in [-0.2, 0) is 20.0 Å². The number of anilines is 1. The molecular formula is C22H13N6O12S2-.